The lowest BCUT2D eigenvalue weighted by Gasteiger charge is -2.11. The van der Waals surface area contributed by atoms with Crippen molar-refractivity contribution in [2.45, 2.75) is 12.7 Å². The predicted molar refractivity (Wildman–Crippen MR) is 62.0 cm³/mol. The molecular formula is C10H8BrF3N4. The van der Waals surface area contributed by atoms with Crippen LogP contribution in [0, 0.1) is 0 Å². The molecular weight excluding hydrogens is 313 g/mol. The van der Waals surface area contributed by atoms with Gasteiger partial charge in [-0.1, -0.05) is 21.1 Å². The van der Waals surface area contributed by atoms with Crippen LogP contribution in [0.3, 0.4) is 0 Å². The van der Waals surface area contributed by atoms with E-state index in [1.165, 1.54) is 16.9 Å². The van der Waals surface area contributed by atoms with Crippen LogP contribution < -0.4 is 5.73 Å². The summed E-state index contributed by atoms with van der Waals surface area (Å²) in [6.07, 6.45) is -3.00. The first-order valence-corrected chi connectivity index (χ1v) is 5.69. The molecule has 96 valence electrons. The zero-order valence-electron chi connectivity index (χ0n) is 8.95. The SMILES string of the molecule is NCc1cnnn1-c1cc(Br)cc(C(F)(F)F)c1. The third-order valence-electron chi connectivity index (χ3n) is 2.28. The van der Waals surface area contributed by atoms with E-state index in [4.69, 9.17) is 5.73 Å². The van der Waals surface area contributed by atoms with Gasteiger partial charge in [0.2, 0.25) is 0 Å². The van der Waals surface area contributed by atoms with Crippen molar-refractivity contribution in [2.75, 3.05) is 0 Å². The molecule has 1 aromatic heterocycles. The van der Waals surface area contributed by atoms with Gasteiger partial charge in [-0.15, -0.1) is 5.10 Å². The first-order valence-electron chi connectivity index (χ1n) is 4.89. The standard InChI is InChI=1S/C10H8BrF3N4/c11-7-1-6(10(12,13)14)2-8(3-7)18-9(4-15)5-16-17-18/h1-3,5H,4,15H2. The third-order valence-corrected chi connectivity index (χ3v) is 2.74. The fourth-order valence-corrected chi connectivity index (χ4v) is 1.95. The van der Waals surface area contributed by atoms with E-state index >= 15 is 0 Å². The normalized spacial score (nSPS) is 11.8. The molecule has 0 bridgehead atoms. The Balaban J connectivity index is 2.56. The molecule has 0 fully saturated rings. The van der Waals surface area contributed by atoms with E-state index in [9.17, 15) is 13.2 Å². The zero-order chi connectivity index (χ0) is 13.3. The molecule has 0 unspecified atom stereocenters. The van der Waals surface area contributed by atoms with Crippen LogP contribution in [-0.4, -0.2) is 15.0 Å². The molecule has 0 spiro atoms. The first kappa shape index (κ1) is 13.0. The highest BCUT2D eigenvalue weighted by Crippen LogP contribution is 2.32. The minimum atomic E-state index is -4.41. The van der Waals surface area contributed by atoms with Crippen molar-refractivity contribution in [3.05, 3.63) is 40.1 Å². The van der Waals surface area contributed by atoms with Gasteiger partial charge >= 0.3 is 6.18 Å². The molecule has 1 heterocycles. The van der Waals surface area contributed by atoms with Gasteiger partial charge in [-0.3, -0.25) is 0 Å². The summed E-state index contributed by atoms with van der Waals surface area (Å²) in [6.45, 7) is 0.140. The number of hydrogen-bond donors (Lipinski definition) is 1. The summed E-state index contributed by atoms with van der Waals surface area (Å²) in [7, 11) is 0. The van der Waals surface area contributed by atoms with Crippen LogP contribution in [0.4, 0.5) is 13.2 Å². The van der Waals surface area contributed by atoms with Crippen LogP contribution in [0.1, 0.15) is 11.3 Å². The van der Waals surface area contributed by atoms with Crippen LogP contribution in [-0.2, 0) is 12.7 Å². The van der Waals surface area contributed by atoms with Crippen LogP contribution in [0.2, 0.25) is 0 Å². The van der Waals surface area contributed by atoms with Gasteiger partial charge in [0.25, 0.3) is 0 Å². The number of rotatable bonds is 2. The van der Waals surface area contributed by atoms with Crippen molar-refractivity contribution >= 4 is 15.9 Å². The number of benzene rings is 1. The molecule has 2 aromatic rings. The number of nitrogens with two attached hydrogens (primary N) is 1. The Morgan fingerprint density at radius 3 is 2.61 bits per heavy atom. The van der Waals surface area contributed by atoms with Crippen molar-refractivity contribution in [1.29, 1.82) is 0 Å². The maximum absolute atomic E-state index is 12.7. The summed E-state index contributed by atoms with van der Waals surface area (Å²) < 4.78 is 39.6. The fourth-order valence-electron chi connectivity index (χ4n) is 1.47. The molecule has 8 heteroatoms. The lowest BCUT2D eigenvalue weighted by atomic mass is 10.2. The molecule has 2 N–H and O–H groups in total. The topological polar surface area (TPSA) is 56.7 Å². The molecule has 0 saturated carbocycles. The molecule has 2 rings (SSSR count). The molecule has 18 heavy (non-hydrogen) atoms. The largest absolute Gasteiger partial charge is 0.416 e. The van der Waals surface area contributed by atoms with Crippen molar-refractivity contribution in [3.8, 4) is 5.69 Å². The van der Waals surface area contributed by atoms with Crippen LogP contribution in [0.25, 0.3) is 5.69 Å². The number of halogens is 4. The Morgan fingerprint density at radius 2 is 2.00 bits per heavy atom. The number of aromatic nitrogens is 3. The van der Waals surface area contributed by atoms with Gasteiger partial charge in [-0.05, 0) is 18.2 Å². The van der Waals surface area contributed by atoms with Crippen molar-refractivity contribution in [1.82, 2.24) is 15.0 Å². The van der Waals surface area contributed by atoms with E-state index in [0.717, 1.165) is 12.1 Å². The van der Waals surface area contributed by atoms with Crippen LogP contribution >= 0.6 is 15.9 Å². The summed E-state index contributed by atoms with van der Waals surface area (Å²) >= 11 is 3.04. The summed E-state index contributed by atoms with van der Waals surface area (Å²) in [6, 6.07) is 3.52. The van der Waals surface area contributed by atoms with Gasteiger partial charge in [0.1, 0.15) is 0 Å². The van der Waals surface area contributed by atoms with Crippen molar-refractivity contribution < 1.29 is 13.2 Å². The zero-order valence-corrected chi connectivity index (χ0v) is 10.5. The number of hydrogen-bond acceptors (Lipinski definition) is 3. The van der Waals surface area contributed by atoms with Crippen molar-refractivity contribution in [3.63, 3.8) is 0 Å². The van der Waals surface area contributed by atoms with E-state index in [0.29, 0.717) is 10.2 Å². The van der Waals surface area contributed by atoms with Gasteiger partial charge in [0.05, 0.1) is 23.1 Å². The molecule has 0 aliphatic rings. The van der Waals surface area contributed by atoms with Gasteiger partial charge in [-0.25, -0.2) is 4.68 Å². The number of alkyl halides is 3. The number of nitrogens with zero attached hydrogens (tertiary/aromatic N) is 3. The maximum atomic E-state index is 12.7. The molecule has 0 saturated heterocycles. The molecule has 4 nitrogen and oxygen atoms in total. The van der Waals surface area contributed by atoms with Gasteiger partial charge in [0.15, 0.2) is 0 Å². The molecule has 0 amide bonds. The molecule has 0 aliphatic heterocycles. The van der Waals surface area contributed by atoms with E-state index in [1.54, 1.807) is 0 Å². The summed E-state index contributed by atoms with van der Waals surface area (Å²) in [5, 5.41) is 7.35. The summed E-state index contributed by atoms with van der Waals surface area (Å²) in [4.78, 5) is 0. The second-order valence-electron chi connectivity index (χ2n) is 3.54. The Kier molecular flexibility index (Phi) is 3.40. The van der Waals surface area contributed by atoms with Gasteiger partial charge < -0.3 is 5.73 Å². The van der Waals surface area contributed by atoms with Crippen LogP contribution in [0.15, 0.2) is 28.9 Å². The molecule has 0 radical (unpaired) electrons. The minimum Gasteiger partial charge on any atom is -0.325 e. The highest BCUT2D eigenvalue weighted by atomic mass is 79.9. The first-order chi connectivity index (χ1) is 8.41. The molecule has 0 aliphatic carbocycles. The lowest BCUT2D eigenvalue weighted by molar-refractivity contribution is -0.137. The monoisotopic (exact) mass is 320 g/mol. The minimum absolute atomic E-state index is 0.140. The smallest absolute Gasteiger partial charge is 0.325 e. The highest BCUT2D eigenvalue weighted by Gasteiger charge is 2.31. The Hall–Kier alpha value is -1.41. The van der Waals surface area contributed by atoms with E-state index < -0.39 is 11.7 Å². The Labute approximate surface area is 109 Å². The average molecular weight is 321 g/mol. The lowest BCUT2D eigenvalue weighted by Crippen LogP contribution is -2.10. The van der Waals surface area contributed by atoms with Gasteiger partial charge in [-0.2, -0.15) is 13.2 Å². The Bertz CT molecular complexity index is 564. The second-order valence-corrected chi connectivity index (χ2v) is 4.45. The van der Waals surface area contributed by atoms with E-state index in [-0.39, 0.29) is 12.2 Å². The highest BCUT2D eigenvalue weighted by molar-refractivity contribution is 9.10. The van der Waals surface area contributed by atoms with Crippen molar-refractivity contribution in [2.24, 2.45) is 5.73 Å². The fraction of sp³-hybridized carbons (Fsp3) is 0.200. The maximum Gasteiger partial charge on any atom is 0.416 e. The summed E-state index contributed by atoms with van der Waals surface area (Å²) in [5.74, 6) is 0. The van der Waals surface area contributed by atoms with E-state index in [2.05, 4.69) is 26.2 Å². The quantitative estimate of drug-likeness (QED) is 0.925. The molecule has 1 aromatic carbocycles. The van der Waals surface area contributed by atoms with E-state index in [1.807, 2.05) is 0 Å². The summed E-state index contributed by atoms with van der Waals surface area (Å²) in [5.41, 5.74) is 5.49. The average Bonchev–Trinajstić information content (AvgIpc) is 2.74. The second kappa shape index (κ2) is 4.69. The third kappa shape index (κ3) is 2.54. The predicted octanol–water partition coefficient (Wildman–Crippen LogP) is 2.51. The molecule has 0 atom stereocenters. The van der Waals surface area contributed by atoms with Gasteiger partial charge in [0, 0.05) is 11.0 Å². The Morgan fingerprint density at radius 1 is 1.28 bits per heavy atom. The van der Waals surface area contributed by atoms with Crippen LogP contribution in [0.5, 0.6) is 0 Å².